The van der Waals surface area contributed by atoms with Crippen molar-refractivity contribution in [2.24, 2.45) is 5.41 Å². The van der Waals surface area contributed by atoms with Crippen LogP contribution in [0.1, 0.15) is 50.5 Å². The topological polar surface area (TPSA) is 23.5 Å². The van der Waals surface area contributed by atoms with E-state index >= 15 is 0 Å². The molecule has 1 heterocycles. The van der Waals surface area contributed by atoms with Gasteiger partial charge in [-0.2, -0.15) is 0 Å². The maximum absolute atomic E-state index is 13.6. The van der Waals surface area contributed by atoms with E-state index in [0.29, 0.717) is 11.0 Å². The second kappa shape index (κ2) is 5.72. The number of nitrogens with zero attached hydrogens (tertiary/aromatic N) is 1. The standard InChI is InChI=1S/C17H24FNO/c18-15-10-14(13-20)11-16(12-15)19-8-6-17(7-9-19)4-2-1-3-5-17/h10-12,20H,1-9,13H2. The summed E-state index contributed by atoms with van der Waals surface area (Å²) in [5.74, 6) is -0.246. The molecule has 1 N–H and O–H groups in total. The molecule has 1 aromatic rings. The second-order valence-corrected chi connectivity index (χ2v) is 6.52. The lowest BCUT2D eigenvalue weighted by Crippen LogP contribution is -2.41. The summed E-state index contributed by atoms with van der Waals surface area (Å²) in [6, 6.07) is 4.93. The first-order valence-corrected chi connectivity index (χ1v) is 7.86. The summed E-state index contributed by atoms with van der Waals surface area (Å²) in [7, 11) is 0. The third-order valence-electron chi connectivity index (χ3n) is 5.23. The molecule has 0 bridgehead atoms. The van der Waals surface area contributed by atoms with Crippen LogP contribution in [0.3, 0.4) is 0 Å². The van der Waals surface area contributed by atoms with E-state index < -0.39 is 0 Å². The Morgan fingerprint density at radius 1 is 1.00 bits per heavy atom. The fourth-order valence-electron chi connectivity index (χ4n) is 3.95. The highest BCUT2D eigenvalue weighted by molar-refractivity contribution is 5.49. The van der Waals surface area contributed by atoms with Crippen LogP contribution in [0.5, 0.6) is 0 Å². The Morgan fingerprint density at radius 2 is 1.70 bits per heavy atom. The summed E-state index contributed by atoms with van der Waals surface area (Å²) in [5.41, 5.74) is 2.17. The predicted molar refractivity (Wildman–Crippen MR) is 79.3 cm³/mol. The van der Waals surface area contributed by atoms with E-state index in [0.717, 1.165) is 18.8 Å². The largest absolute Gasteiger partial charge is 0.392 e. The monoisotopic (exact) mass is 277 g/mol. The van der Waals surface area contributed by atoms with Gasteiger partial charge in [0, 0.05) is 18.8 Å². The van der Waals surface area contributed by atoms with Crippen molar-refractivity contribution in [1.82, 2.24) is 0 Å². The van der Waals surface area contributed by atoms with Crippen molar-refractivity contribution < 1.29 is 9.50 Å². The molecule has 1 aliphatic heterocycles. The minimum atomic E-state index is -0.246. The molecule has 2 aliphatic rings. The summed E-state index contributed by atoms with van der Waals surface area (Å²) in [4.78, 5) is 2.28. The molecule has 2 nitrogen and oxygen atoms in total. The van der Waals surface area contributed by atoms with Gasteiger partial charge in [-0.3, -0.25) is 0 Å². The molecule has 3 heteroatoms. The van der Waals surface area contributed by atoms with Gasteiger partial charge in [0.05, 0.1) is 6.61 Å². The van der Waals surface area contributed by atoms with E-state index in [9.17, 15) is 9.50 Å². The molecule has 1 aromatic carbocycles. The quantitative estimate of drug-likeness (QED) is 0.887. The maximum Gasteiger partial charge on any atom is 0.125 e. The van der Waals surface area contributed by atoms with E-state index in [-0.39, 0.29) is 12.4 Å². The van der Waals surface area contributed by atoms with Crippen LogP contribution in [-0.4, -0.2) is 18.2 Å². The Hall–Kier alpha value is -1.09. The predicted octanol–water partition coefficient (Wildman–Crippen LogP) is 3.87. The second-order valence-electron chi connectivity index (χ2n) is 6.52. The van der Waals surface area contributed by atoms with Gasteiger partial charge in [0.25, 0.3) is 0 Å². The minimum Gasteiger partial charge on any atom is -0.392 e. The van der Waals surface area contributed by atoms with Gasteiger partial charge in [0.2, 0.25) is 0 Å². The highest BCUT2D eigenvalue weighted by atomic mass is 19.1. The highest BCUT2D eigenvalue weighted by Gasteiger charge is 2.35. The number of piperidine rings is 1. The van der Waals surface area contributed by atoms with E-state index in [1.165, 1.54) is 51.0 Å². The molecule has 0 unspecified atom stereocenters. The first kappa shape index (κ1) is 13.9. The zero-order chi connectivity index (χ0) is 14.0. The van der Waals surface area contributed by atoms with E-state index in [1.807, 2.05) is 6.07 Å². The summed E-state index contributed by atoms with van der Waals surface area (Å²) in [6.07, 6.45) is 9.40. The highest BCUT2D eigenvalue weighted by Crippen LogP contribution is 2.45. The average Bonchev–Trinajstić information content (AvgIpc) is 2.48. The number of anilines is 1. The number of benzene rings is 1. The van der Waals surface area contributed by atoms with Crippen LogP contribution in [-0.2, 0) is 6.61 Å². The van der Waals surface area contributed by atoms with Crippen molar-refractivity contribution >= 4 is 5.69 Å². The summed E-state index contributed by atoms with van der Waals surface area (Å²) < 4.78 is 13.6. The van der Waals surface area contributed by atoms with Gasteiger partial charge >= 0.3 is 0 Å². The van der Waals surface area contributed by atoms with Crippen LogP contribution in [0, 0.1) is 11.2 Å². The van der Waals surface area contributed by atoms with Gasteiger partial charge in [-0.25, -0.2) is 4.39 Å². The Labute approximate surface area is 120 Å². The normalized spacial score (nSPS) is 22.2. The van der Waals surface area contributed by atoms with E-state index in [2.05, 4.69) is 4.90 Å². The van der Waals surface area contributed by atoms with Crippen molar-refractivity contribution in [3.63, 3.8) is 0 Å². The van der Waals surface area contributed by atoms with E-state index in [1.54, 1.807) is 6.07 Å². The van der Waals surface area contributed by atoms with Crippen molar-refractivity contribution in [2.75, 3.05) is 18.0 Å². The molecule has 0 amide bonds. The first-order valence-electron chi connectivity index (χ1n) is 7.86. The van der Waals surface area contributed by atoms with Crippen molar-refractivity contribution in [3.8, 4) is 0 Å². The fraction of sp³-hybridized carbons (Fsp3) is 0.647. The van der Waals surface area contributed by atoms with Gasteiger partial charge in [-0.05, 0) is 54.9 Å². The SMILES string of the molecule is OCc1cc(F)cc(N2CCC3(CCCCC3)CC2)c1. The molecule has 1 saturated carbocycles. The van der Waals surface area contributed by atoms with Crippen LogP contribution >= 0.6 is 0 Å². The molecule has 1 aliphatic carbocycles. The van der Waals surface area contributed by atoms with Crippen molar-refractivity contribution in [3.05, 3.63) is 29.6 Å². The van der Waals surface area contributed by atoms with Crippen LogP contribution in [0.15, 0.2) is 18.2 Å². The zero-order valence-corrected chi connectivity index (χ0v) is 12.1. The van der Waals surface area contributed by atoms with Gasteiger partial charge in [0.15, 0.2) is 0 Å². The molecular weight excluding hydrogens is 253 g/mol. The molecule has 110 valence electrons. The molecule has 3 rings (SSSR count). The average molecular weight is 277 g/mol. The van der Waals surface area contributed by atoms with Crippen LogP contribution in [0.25, 0.3) is 0 Å². The lowest BCUT2D eigenvalue weighted by atomic mass is 9.68. The fourth-order valence-corrected chi connectivity index (χ4v) is 3.95. The zero-order valence-electron chi connectivity index (χ0n) is 12.1. The van der Waals surface area contributed by atoms with Gasteiger partial charge < -0.3 is 10.0 Å². The third-order valence-corrected chi connectivity index (χ3v) is 5.23. The molecule has 1 spiro atoms. The Bertz CT molecular complexity index is 458. The van der Waals surface area contributed by atoms with Crippen molar-refractivity contribution in [1.29, 1.82) is 0 Å². The van der Waals surface area contributed by atoms with Crippen molar-refractivity contribution in [2.45, 2.75) is 51.6 Å². The number of rotatable bonds is 2. The molecule has 20 heavy (non-hydrogen) atoms. The first-order chi connectivity index (χ1) is 9.71. The summed E-state index contributed by atoms with van der Waals surface area (Å²) in [5, 5.41) is 9.20. The van der Waals surface area contributed by atoms with Gasteiger partial charge in [0.1, 0.15) is 5.82 Å². The van der Waals surface area contributed by atoms with Crippen LogP contribution < -0.4 is 4.90 Å². The number of aliphatic hydroxyl groups excluding tert-OH is 1. The molecule has 0 aromatic heterocycles. The lowest BCUT2D eigenvalue weighted by molar-refractivity contribution is 0.144. The lowest BCUT2D eigenvalue weighted by Gasteiger charge is -2.45. The van der Waals surface area contributed by atoms with Gasteiger partial charge in [-0.15, -0.1) is 0 Å². The molecule has 0 atom stereocenters. The molecule has 1 saturated heterocycles. The maximum atomic E-state index is 13.6. The van der Waals surface area contributed by atoms with E-state index in [4.69, 9.17) is 0 Å². The molecule has 2 fully saturated rings. The minimum absolute atomic E-state index is 0.0947. The number of halogens is 1. The Balaban J connectivity index is 1.70. The van der Waals surface area contributed by atoms with Gasteiger partial charge in [-0.1, -0.05) is 19.3 Å². The number of hydrogen-bond acceptors (Lipinski definition) is 2. The van der Waals surface area contributed by atoms with Crippen LogP contribution in [0.2, 0.25) is 0 Å². The Kier molecular flexibility index (Phi) is 3.97. The number of aliphatic hydroxyl groups is 1. The number of hydrogen-bond donors (Lipinski definition) is 1. The smallest absolute Gasteiger partial charge is 0.125 e. The third kappa shape index (κ3) is 2.83. The summed E-state index contributed by atoms with van der Waals surface area (Å²) in [6.45, 7) is 1.95. The molecule has 0 radical (unpaired) electrons. The Morgan fingerprint density at radius 3 is 2.35 bits per heavy atom. The summed E-state index contributed by atoms with van der Waals surface area (Å²) >= 11 is 0. The molecular formula is C17H24FNO. The van der Waals surface area contributed by atoms with Crippen LogP contribution in [0.4, 0.5) is 10.1 Å².